The summed E-state index contributed by atoms with van der Waals surface area (Å²) in [5.41, 5.74) is 1.96. The second-order valence-electron chi connectivity index (χ2n) is 9.97. The van der Waals surface area contributed by atoms with Crippen molar-refractivity contribution in [1.82, 2.24) is 0 Å². The molecule has 0 bridgehead atoms. The molecule has 0 radical (unpaired) electrons. The van der Waals surface area contributed by atoms with Gasteiger partial charge in [0.15, 0.2) is 6.29 Å². The highest BCUT2D eigenvalue weighted by Gasteiger charge is 2.14. The first-order valence-corrected chi connectivity index (χ1v) is 14.9. The largest absolute Gasteiger partial charge is 0.494 e. The van der Waals surface area contributed by atoms with E-state index in [4.69, 9.17) is 18.9 Å². The van der Waals surface area contributed by atoms with Crippen molar-refractivity contribution in [3.63, 3.8) is 0 Å². The summed E-state index contributed by atoms with van der Waals surface area (Å²) in [6, 6.07) is 20.3. The fourth-order valence-corrected chi connectivity index (χ4v) is 3.93. The van der Waals surface area contributed by atoms with Crippen molar-refractivity contribution in [2.45, 2.75) is 78.4 Å². The predicted molar refractivity (Wildman–Crippen MR) is 163 cm³/mol. The molecule has 3 rings (SSSR count). The third kappa shape index (κ3) is 11.8. The smallest absolute Gasteiger partial charge is 0.343 e. The summed E-state index contributed by atoms with van der Waals surface area (Å²) in [7, 11) is 0. The number of hydrogen-bond donors (Lipinski definition) is 0. The van der Waals surface area contributed by atoms with Gasteiger partial charge in [0.2, 0.25) is 0 Å². The Morgan fingerprint density at radius 3 is 1.74 bits per heavy atom. The zero-order valence-electron chi connectivity index (χ0n) is 24.9. The van der Waals surface area contributed by atoms with Gasteiger partial charge in [-0.3, -0.25) is 0 Å². The molecule has 0 aliphatic rings. The van der Waals surface area contributed by atoms with Gasteiger partial charge in [0.05, 0.1) is 35.7 Å². The first-order chi connectivity index (χ1) is 20.5. The molecule has 0 fully saturated rings. The van der Waals surface area contributed by atoms with Gasteiger partial charge in [0.1, 0.15) is 11.5 Å². The molecule has 0 saturated carbocycles. The molecule has 1 atom stereocenters. The monoisotopic (exact) mass is 574 g/mol. The molecule has 0 aromatic heterocycles. The molecule has 1 unspecified atom stereocenters. The molecule has 42 heavy (non-hydrogen) atoms. The number of nitrogens with zero attached hydrogens (tertiary/aromatic N) is 2. The number of azo groups is 1. The maximum absolute atomic E-state index is 12.6. The van der Waals surface area contributed by atoms with Crippen molar-refractivity contribution in [3.8, 4) is 11.5 Å². The van der Waals surface area contributed by atoms with Crippen LogP contribution in [0, 0.1) is 0 Å². The summed E-state index contributed by atoms with van der Waals surface area (Å²) in [6.07, 6.45) is 8.45. The molecule has 0 spiro atoms. The minimum absolute atomic E-state index is 0.310. The van der Waals surface area contributed by atoms with Crippen molar-refractivity contribution in [1.29, 1.82) is 0 Å². The lowest BCUT2D eigenvalue weighted by Gasteiger charge is -2.14. The third-order valence-corrected chi connectivity index (χ3v) is 6.41. The summed E-state index contributed by atoms with van der Waals surface area (Å²) in [5, 5.41) is 8.47. The molecule has 8 nitrogen and oxygen atoms in total. The lowest BCUT2D eigenvalue weighted by molar-refractivity contribution is -0.0987. The fraction of sp³-hybridized carbons (Fsp3) is 0.412. The van der Waals surface area contributed by atoms with E-state index in [2.05, 4.69) is 24.1 Å². The molecule has 3 aromatic carbocycles. The lowest BCUT2D eigenvalue weighted by atomic mass is 10.1. The van der Waals surface area contributed by atoms with Gasteiger partial charge in [0.25, 0.3) is 0 Å². The highest BCUT2D eigenvalue weighted by Crippen LogP contribution is 2.24. The van der Waals surface area contributed by atoms with E-state index in [1.165, 1.54) is 49.9 Å². The number of benzene rings is 3. The summed E-state index contributed by atoms with van der Waals surface area (Å²) in [4.78, 5) is 25.0. The number of rotatable bonds is 18. The Labute approximate surface area is 249 Å². The van der Waals surface area contributed by atoms with Crippen LogP contribution >= 0.6 is 0 Å². The summed E-state index contributed by atoms with van der Waals surface area (Å²) in [6.45, 7) is 7.27. The van der Waals surface area contributed by atoms with Crippen LogP contribution in [0.2, 0.25) is 0 Å². The Hall–Kier alpha value is -4.04. The molecule has 8 heteroatoms. The number of carbonyl (C=O) groups is 2. The van der Waals surface area contributed by atoms with Crippen LogP contribution < -0.4 is 9.47 Å². The van der Waals surface area contributed by atoms with Crippen molar-refractivity contribution >= 4 is 23.3 Å². The zero-order valence-corrected chi connectivity index (χ0v) is 24.9. The summed E-state index contributed by atoms with van der Waals surface area (Å²) >= 11 is 0. The molecule has 224 valence electrons. The van der Waals surface area contributed by atoms with E-state index >= 15 is 0 Å². The average molecular weight is 575 g/mol. The second-order valence-corrected chi connectivity index (χ2v) is 9.97. The van der Waals surface area contributed by atoms with E-state index in [1.807, 2.05) is 24.3 Å². The van der Waals surface area contributed by atoms with Crippen LogP contribution in [0.15, 0.2) is 83.0 Å². The second kappa shape index (κ2) is 18.4. The van der Waals surface area contributed by atoms with Crippen molar-refractivity contribution in [2.75, 3.05) is 13.2 Å². The van der Waals surface area contributed by atoms with Crippen LogP contribution in [0.4, 0.5) is 11.4 Å². The highest BCUT2D eigenvalue weighted by molar-refractivity contribution is 5.94. The molecular formula is C34H42N2O6. The Bertz CT molecular complexity index is 1240. The molecule has 0 heterocycles. The van der Waals surface area contributed by atoms with Gasteiger partial charge in [-0.15, -0.1) is 0 Å². The first kappa shape index (κ1) is 32.5. The van der Waals surface area contributed by atoms with Gasteiger partial charge in [-0.05, 0) is 92.6 Å². The molecule has 0 amide bonds. The normalized spacial score (nSPS) is 11.8. The van der Waals surface area contributed by atoms with Crippen molar-refractivity contribution < 1.29 is 28.5 Å². The maximum atomic E-state index is 12.6. The number of carbonyl (C=O) groups excluding carboxylic acids is 2. The summed E-state index contributed by atoms with van der Waals surface area (Å²) < 4.78 is 22.1. The van der Waals surface area contributed by atoms with Gasteiger partial charge in [-0.25, -0.2) is 9.59 Å². The maximum Gasteiger partial charge on any atom is 0.343 e. The highest BCUT2D eigenvalue weighted by atomic mass is 16.7. The minimum atomic E-state index is -0.643. The quantitative estimate of drug-likeness (QED) is 0.0494. The molecule has 0 aliphatic carbocycles. The van der Waals surface area contributed by atoms with E-state index < -0.39 is 18.2 Å². The molecule has 0 saturated heterocycles. The van der Waals surface area contributed by atoms with E-state index in [1.54, 1.807) is 31.2 Å². The van der Waals surface area contributed by atoms with E-state index in [9.17, 15) is 9.59 Å². The van der Waals surface area contributed by atoms with Gasteiger partial charge in [-0.2, -0.15) is 10.2 Å². The van der Waals surface area contributed by atoms with E-state index in [-0.39, 0.29) is 0 Å². The zero-order chi connectivity index (χ0) is 30.0. The number of esters is 2. The molecule has 0 N–H and O–H groups in total. The van der Waals surface area contributed by atoms with Gasteiger partial charge >= 0.3 is 11.9 Å². The Balaban J connectivity index is 1.42. The van der Waals surface area contributed by atoms with Crippen LogP contribution in [0.3, 0.4) is 0 Å². The third-order valence-electron chi connectivity index (χ3n) is 6.41. The lowest BCUT2D eigenvalue weighted by Crippen LogP contribution is -2.19. The number of unbranched alkanes of at least 4 members (excludes halogenated alkanes) is 6. The molecular weight excluding hydrogens is 532 g/mol. The Morgan fingerprint density at radius 2 is 1.14 bits per heavy atom. The topological polar surface area (TPSA) is 95.8 Å². The number of ether oxygens (including phenoxy) is 4. The van der Waals surface area contributed by atoms with Crippen LogP contribution in [0.25, 0.3) is 0 Å². The number of hydrogen-bond acceptors (Lipinski definition) is 8. The molecule has 3 aromatic rings. The standard InChI is InChI=1S/C34H42N2O6/c1-4-6-8-9-10-11-25-39-26(3)41-33(37)27-12-14-28(15-13-27)34(38)42-32-22-18-30(19-23-32)36-35-29-16-20-31(21-17-29)40-24-7-5-2/h12-23,26H,4-11,24-25H2,1-3H3. The van der Waals surface area contributed by atoms with Gasteiger partial charge < -0.3 is 18.9 Å². The average Bonchev–Trinajstić information content (AvgIpc) is 3.01. The predicted octanol–water partition coefficient (Wildman–Crippen LogP) is 9.38. The van der Waals surface area contributed by atoms with E-state index in [0.29, 0.717) is 41.5 Å². The van der Waals surface area contributed by atoms with Crippen LogP contribution in [-0.2, 0) is 9.47 Å². The van der Waals surface area contributed by atoms with Crippen LogP contribution in [0.5, 0.6) is 11.5 Å². The SMILES string of the molecule is CCCCCCCCOC(C)OC(=O)c1ccc(C(=O)Oc2ccc(N=Nc3ccc(OCCCC)cc3)cc2)cc1. The Morgan fingerprint density at radius 1 is 0.619 bits per heavy atom. The summed E-state index contributed by atoms with van der Waals surface area (Å²) in [5.74, 6) is 0.126. The van der Waals surface area contributed by atoms with Crippen LogP contribution in [-0.4, -0.2) is 31.4 Å². The van der Waals surface area contributed by atoms with Crippen molar-refractivity contribution in [3.05, 3.63) is 83.9 Å². The fourth-order valence-electron chi connectivity index (χ4n) is 3.93. The van der Waals surface area contributed by atoms with Crippen molar-refractivity contribution in [2.24, 2.45) is 10.2 Å². The van der Waals surface area contributed by atoms with Crippen LogP contribution in [0.1, 0.15) is 92.9 Å². The van der Waals surface area contributed by atoms with Gasteiger partial charge in [-0.1, -0.05) is 52.4 Å². The van der Waals surface area contributed by atoms with E-state index in [0.717, 1.165) is 31.4 Å². The van der Waals surface area contributed by atoms with Gasteiger partial charge in [0, 0.05) is 0 Å². The molecule has 0 aliphatic heterocycles. The first-order valence-electron chi connectivity index (χ1n) is 14.9. The minimum Gasteiger partial charge on any atom is -0.494 e. The Kier molecular flexibility index (Phi) is 14.2.